The number of hydrogen-bond acceptors (Lipinski definition) is 6. The fourth-order valence-corrected chi connectivity index (χ4v) is 3.23. The van der Waals surface area contributed by atoms with Crippen molar-refractivity contribution in [2.75, 3.05) is 5.73 Å². The highest BCUT2D eigenvalue weighted by molar-refractivity contribution is 5.64. The van der Waals surface area contributed by atoms with E-state index in [-0.39, 0.29) is 11.6 Å². The number of aromatic nitrogens is 4. The summed E-state index contributed by atoms with van der Waals surface area (Å²) >= 11 is 0. The van der Waals surface area contributed by atoms with Gasteiger partial charge < -0.3 is 10.5 Å². The van der Waals surface area contributed by atoms with E-state index in [1.165, 1.54) is 12.4 Å². The molecule has 6 nitrogen and oxygen atoms in total. The second kappa shape index (κ2) is 6.90. The largest absolute Gasteiger partial charge is 0.435 e. The fraction of sp³-hybridized carbons (Fsp3) is 0.300. The van der Waals surface area contributed by atoms with E-state index in [2.05, 4.69) is 19.9 Å². The summed E-state index contributed by atoms with van der Waals surface area (Å²) in [6, 6.07) is 5.34. The van der Waals surface area contributed by atoms with Crippen molar-refractivity contribution in [2.45, 2.75) is 39.0 Å². The van der Waals surface area contributed by atoms with E-state index in [4.69, 9.17) is 10.5 Å². The Morgan fingerprint density at radius 2 is 1.93 bits per heavy atom. The van der Waals surface area contributed by atoms with Crippen LogP contribution in [0, 0.1) is 19.7 Å². The highest BCUT2D eigenvalue weighted by Crippen LogP contribution is 2.44. The quantitative estimate of drug-likeness (QED) is 0.740. The van der Waals surface area contributed by atoms with Crippen LogP contribution in [0.15, 0.2) is 30.6 Å². The third-order valence-corrected chi connectivity index (χ3v) is 4.77. The highest BCUT2D eigenvalue weighted by Gasteiger charge is 2.27. The Morgan fingerprint density at radius 1 is 1.11 bits per heavy atom. The minimum Gasteiger partial charge on any atom is -0.435 e. The molecule has 0 spiro atoms. The van der Waals surface area contributed by atoms with Gasteiger partial charge in [-0.1, -0.05) is 12.5 Å². The summed E-state index contributed by atoms with van der Waals surface area (Å²) in [5.74, 6) is 1.23. The summed E-state index contributed by atoms with van der Waals surface area (Å²) < 4.78 is 21.4. The molecule has 1 aliphatic carbocycles. The lowest BCUT2D eigenvalue weighted by molar-refractivity contribution is 0.377. The first-order valence-electron chi connectivity index (χ1n) is 8.91. The van der Waals surface area contributed by atoms with Crippen molar-refractivity contribution in [1.29, 1.82) is 0 Å². The van der Waals surface area contributed by atoms with Crippen LogP contribution in [0.3, 0.4) is 0 Å². The molecule has 0 amide bonds. The normalized spacial score (nSPS) is 14.0. The second-order valence-corrected chi connectivity index (χ2v) is 6.80. The Balaban J connectivity index is 1.80. The zero-order valence-corrected chi connectivity index (χ0v) is 15.2. The Hall–Kier alpha value is -3.09. The minimum absolute atomic E-state index is 0.202. The van der Waals surface area contributed by atoms with Gasteiger partial charge in [0.2, 0.25) is 5.88 Å². The Kier molecular flexibility index (Phi) is 4.43. The maximum absolute atomic E-state index is 15.5. The predicted octanol–water partition coefficient (Wildman–Crippen LogP) is 4.33. The maximum Gasteiger partial charge on any atom is 0.222 e. The van der Waals surface area contributed by atoms with Gasteiger partial charge in [0.05, 0.1) is 18.1 Å². The van der Waals surface area contributed by atoms with Crippen molar-refractivity contribution in [3.05, 3.63) is 53.5 Å². The summed E-state index contributed by atoms with van der Waals surface area (Å²) in [6.07, 6.45) is 6.06. The van der Waals surface area contributed by atoms with Gasteiger partial charge in [-0.2, -0.15) is 4.98 Å². The van der Waals surface area contributed by atoms with Gasteiger partial charge in [-0.15, -0.1) is 0 Å². The third-order valence-electron chi connectivity index (χ3n) is 4.77. The molecule has 0 aliphatic heterocycles. The first-order chi connectivity index (χ1) is 13.0. The molecular weight excluding hydrogens is 345 g/mol. The smallest absolute Gasteiger partial charge is 0.222 e. The maximum atomic E-state index is 15.5. The molecule has 0 unspecified atom stereocenters. The number of benzene rings is 1. The van der Waals surface area contributed by atoms with Gasteiger partial charge in [0.1, 0.15) is 11.6 Å². The summed E-state index contributed by atoms with van der Waals surface area (Å²) in [6.45, 7) is 3.63. The van der Waals surface area contributed by atoms with Crippen molar-refractivity contribution >= 4 is 5.82 Å². The van der Waals surface area contributed by atoms with E-state index < -0.39 is 5.82 Å². The number of rotatable bonds is 4. The topological polar surface area (TPSA) is 86.8 Å². The molecule has 1 aromatic carbocycles. The van der Waals surface area contributed by atoms with Crippen LogP contribution < -0.4 is 10.5 Å². The van der Waals surface area contributed by atoms with Gasteiger partial charge >= 0.3 is 0 Å². The Bertz CT molecular complexity index is 966. The van der Waals surface area contributed by atoms with E-state index in [0.717, 1.165) is 30.5 Å². The Morgan fingerprint density at radius 3 is 2.56 bits per heavy atom. The molecule has 27 heavy (non-hydrogen) atoms. The zero-order chi connectivity index (χ0) is 19.0. The van der Waals surface area contributed by atoms with E-state index in [1.807, 2.05) is 13.0 Å². The molecule has 0 atom stereocenters. The predicted molar refractivity (Wildman–Crippen MR) is 100 cm³/mol. The fourth-order valence-electron chi connectivity index (χ4n) is 3.23. The van der Waals surface area contributed by atoms with E-state index in [9.17, 15) is 0 Å². The van der Waals surface area contributed by atoms with Crippen molar-refractivity contribution in [1.82, 2.24) is 19.9 Å². The van der Waals surface area contributed by atoms with E-state index in [1.54, 1.807) is 19.1 Å². The number of anilines is 1. The van der Waals surface area contributed by atoms with Crippen LogP contribution in [-0.4, -0.2) is 19.9 Å². The molecular formula is C20H20FN5O. The van der Waals surface area contributed by atoms with Gasteiger partial charge in [0, 0.05) is 22.9 Å². The Labute approximate surface area is 156 Å². The van der Waals surface area contributed by atoms with Crippen LogP contribution >= 0.6 is 0 Å². The monoisotopic (exact) mass is 365 g/mol. The molecule has 2 N–H and O–H groups in total. The number of ether oxygens (including phenoxy) is 1. The van der Waals surface area contributed by atoms with Crippen LogP contribution in [0.25, 0.3) is 11.3 Å². The molecule has 2 aromatic heterocycles. The summed E-state index contributed by atoms with van der Waals surface area (Å²) in [5.41, 5.74) is 7.94. The van der Waals surface area contributed by atoms with Gasteiger partial charge in [-0.05, 0) is 38.7 Å². The van der Waals surface area contributed by atoms with E-state index >= 15 is 4.39 Å². The first kappa shape index (κ1) is 17.3. The molecule has 1 aliphatic rings. The molecule has 138 valence electrons. The number of nitrogen functional groups attached to an aromatic ring is 1. The molecule has 7 heteroatoms. The minimum atomic E-state index is -0.465. The number of hydrogen-bond donors (Lipinski definition) is 1. The van der Waals surface area contributed by atoms with Crippen LogP contribution in [-0.2, 0) is 0 Å². The van der Waals surface area contributed by atoms with Gasteiger partial charge in [0.15, 0.2) is 11.6 Å². The average Bonchev–Trinajstić information content (AvgIpc) is 2.57. The van der Waals surface area contributed by atoms with Crippen LogP contribution in [0.2, 0.25) is 0 Å². The first-order valence-corrected chi connectivity index (χ1v) is 8.91. The lowest BCUT2D eigenvalue weighted by atomic mass is 9.79. The average molecular weight is 365 g/mol. The van der Waals surface area contributed by atoms with Crippen molar-refractivity contribution < 1.29 is 9.13 Å². The molecule has 2 heterocycles. The number of nitrogens with zero attached hydrogens (tertiary/aromatic N) is 4. The van der Waals surface area contributed by atoms with Gasteiger partial charge in [-0.25, -0.2) is 14.4 Å². The molecule has 4 rings (SSSR count). The standard InChI is InChI=1S/C20H20FN5O/c1-11-8-18(26-12(2)25-11)27-20-14(13-4-3-5-13)6-7-15(19(20)21)16-9-24-17(22)10-23-16/h6-10,13H,3-5H2,1-2H3,(H2,22,24). The molecule has 3 aromatic rings. The van der Waals surface area contributed by atoms with Crippen molar-refractivity contribution in [3.8, 4) is 22.9 Å². The SMILES string of the molecule is Cc1cc(Oc2c(C3CCC3)ccc(-c3cnc(N)cn3)c2F)nc(C)n1. The van der Waals surface area contributed by atoms with Gasteiger partial charge in [-0.3, -0.25) is 4.98 Å². The molecule has 0 saturated heterocycles. The van der Waals surface area contributed by atoms with Crippen molar-refractivity contribution in [2.24, 2.45) is 0 Å². The molecule has 1 saturated carbocycles. The van der Waals surface area contributed by atoms with E-state index in [0.29, 0.717) is 28.9 Å². The molecule has 0 radical (unpaired) electrons. The molecule has 1 fully saturated rings. The zero-order valence-electron chi connectivity index (χ0n) is 15.2. The van der Waals surface area contributed by atoms with Crippen molar-refractivity contribution in [3.63, 3.8) is 0 Å². The van der Waals surface area contributed by atoms with Crippen LogP contribution in [0.1, 0.15) is 42.3 Å². The lowest BCUT2D eigenvalue weighted by Crippen LogP contribution is -2.11. The highest BCUT2D eigenvalue weighted by atomic mass is 19.1. The number of aryl methyl sites for hydroxylation is 2. The number of halogens is 1. The second-order valence-electron chi connectivity index (χ2n) is 6.80. The van der Waals surface area contributed by atoms with Crippen LogP contribution in [0.4, 0.5) is 10.2 Å². The third kappa shape index (κ3) is 3.45. The van der Waals surface area contributed by atoms with Crippen LogP contribution in [0.5, 0.6) is 11.6 Å². The summed E-state index contributed by atoms with van der Waals surface area (Å²) in [7, 11) is 0. The molecule has 0 bridgehead atoms. The van der Waals surface area contributed by atoms with Gasteiger partial charge in [0.25, 0.3) is 0 Å². The lowest BCUT2D eigenvalue weighted by Gasteiger charge is -2.28. The number of nitrogens with two attached hydrogens (primary N) is 1. The summed E-state index contributed by atoms with van der Waals surface area (Å²) in [4.78, 5) is 16.7. The summed E-state index contributed by atoms with van der Waals surface area (Å²) in [5, 5.41) is 0.